The van der Waals surface area contributed by atoms with Crippen molar-refractivity contribution in [3.63, 3.8) is 0 Å². The van der Waals surface area contributed by atoms with Crippen LogP contribution < -0.4 is 5.73 Å². The molecule has 2 N–H and O–H groups in total. The molecule has 0 bridgehead atoms. The molecule has 1 aromatic heterocycles. The van der Waals surface area contributed by atoms with E-state index >= 15 is 0 Å². The number of aromatic nitrogens is 2. The summed E-state index contributed by atoms with van der Waals surface area (Å²) in [5, 5.41) is 0. The fourth-order valence-electron chi connectivity index (χ4n) is 1.21. The van der Waals surface area contributed by atoms with Crippen LogP contribution in [-0.4, -0.2) is 16.1 Å². The Hall–Kier alpha value is -0.830. The standard InChI is InChI=1S/C10H19N3/c1-8(2)13-6-10(12-7-13)4-9(3)5-11/h6-9H,4-5,11H2,1-3H3. The van der Waals surface area contributed by atoms with Crippen molar-refractivity contribution in [2.45, 2.75) is 33.2 Å². The van der Waals surface area contributed by atoms with Gasteiger partial charge in [-0.3, -0.25) is 0 Å². The molecule has 0 spiro atoms. The minimum absolute atomic E-state index is 0.495. The number of hydrogen-bond donors (Lipinski definition) is 1. The van der Waals surface area contributed by atoms with Crippen molar-refractivity contribution < 1.29 is 0 Å². The summed E-state index contributed by atoms with van der Waals surface area (Å²) in [5.41, 5.74) is 6.70. The summed E-state index contributed by atoms with van der Waals surface area (Å²) in [4.78, 5) is 4.33. The van der Waals surface area contributed by atoms with Crippen LogP contribution in [0.4, 0.5) is 0 Å². The summed E-state index contributed by atoms with van der Waals surface area (Å²) in [5.74, 6) is 0.524. The molecule has 13 heavy (non-hydrogen) atoms. The van der Waals surface area contributed by atoms with Crippen molar-refractivity contribution in [1.29, 1.82) is 0 Å². The van der Waals surface area contributed by atoms with Gasteiger partial charge in [-0.25, -0.2) is 4.98 Å². The number of hydrogen-bond acceptors (Lipinski definition) is 2. The molecule has 1 atom stereocenters. The first-order valence-electron chi connectivity index (χ1n) is 4.86. The van der Waals surface area contributed by atoms with E-state index in [0.29, 0.717) is 12.0 Å². The number of nitrogens with zero attached hydrogens (tertiary/aromatic N) is 2. The lowest BCUT2D eigenvalue weighted by Crippen LogP contribution is -2.13. The highest BCUT2D eigenvalue weighted by atomic mass is 15.0. The summed E-state index contributed by atoms with van der Waals surface area (Å²) in [6.45, 7) is 7.18. The third kappa shape index (κ3) is 2.84. The van der Waals surface area contributed by atoms with Crippen LogP contribution in [0.5, 0.6) is 0 Å². The SMILES string of the molecule is CC(CN)Cc1cn(C(C)C)cn1. The maximum absolute atomic E-state index is 5.55. The Morgan fingerprint density at radius 2 is 2.15 bits per heavy atom. The Morgan fingerprint density at radius 1 is 1.46 bits per heavy atom. The zero-order valence-corrected chi connectivity index (χ0v) is 8.70. The first-order valence-corrected chi connectivity index (χ1v) is 4.86. The maximum atomic E-state index is 5.55. The predicted molar refractivity (Wildman–Crippen MR) is 54.5 cm³/mol. The summed E-state index contributed by atoms with van der Waals surface area (Å²) < 4.78 is 2.12. The molecule has 1 aromatic rings. The topological polar surface area (TPSA) is 43.8 Å². The zero-order valence-electron chi connectivity index (χ0n) is 8.70. The van der Waals surface area contributed by atoms with Gasteiger partial charge in [-0.15, -0.1) is 0 Å². The Balaban J connectivity index is 2.58. The summed E-state index contributed by atoms with van der Waals surface area (Å²) >= 11 is 0. The van der Waals surface area contributed by atoms with Crippen molar-refractivity contribution in [2.24, 2.45) is 11.7 Å². The van der Waals surface area contributed by atoms with Crippen molar-refractivity contribution in [3.8, 4) is 0 Å². The highest BCUT2D eigenvalue weighted by molar-refractivity contribution is 4.98. The third-order valence-electron chi connectivity index (χ3n) is 2.21. The van der Waals surface area contributed by atoms with Crippen LogP contribution in [0.2, 0.25) is 0 Å². The molecular formula is C10H19N3. The Kier molecular flexibility index (Phi) is 3.48. The van der Waals surface area contributed by atoms with E-state index < -0.39 is 0 Å². The van der Waals surface area contributed by atoms with Crippen molar-refractivity contribution in [2.75, 3.05) is 6.54 Å². The summed E-state index contributed by atoms with van der Waals surface area (Å²) in [7, 11) is 0. The second-order valence-corrected chi connectivity index (χ2v) is 3.95. The first kappa shape index (κ1) is 10.3. The van der Waals surface area contributed by atoms with Crippen molar-refractivity contribution in [3.05, 3.63) is 18.2 Å². The maximum Gasteiger partial charge on any atom is 0.0951 e. The Labute approximate surface area is 80.0 Å². The monoisotopic (exact) mass is 181 g/mol. The highest BCUT2D eigenvalue weighted by Gasteiger charge is 2.05. The highest BCUT2D eigenvalue weighted by Crippen LogP contribution is 2.09. The van der Waals surface area contributed by atoms with Gasteiger partial charge in [0, 0.05) is 12.2 Å². The van der Waals surface area contributed by atoms with Gasteiger partial charge in [-0.05, 0) is 32.7 Å². The molecule has 3 nitrogen and oxygen atoms in total. The van der Waals surface area contributed by atoms with Gasteiger partial charge < -0.3 is 10.3 Å². The van der Waals surface area contributed by atoms with E-state index in [1.807, 2.05) is 6.33 Å². The molecule has 3 heteroatoms. The summed E-state index contributed by atoms with van der Waals surface area (Å²) in [6, 6.07) is 0.495. The largest absolute Gasteiger partial charge is 0.335 e. The fourth-order valence-corrected chi connectivity index (χ4v) is 1.21. The van der Waals surface area contributed by atoms with Crippen molar-refractivity contribution >= 4 is 0 Å². The van der Waals surface area contributed by atoms with E-state index in [0.717, 1.165) is 18.7 Å². The molecule has 74 valence electrons. The molecular weight excluding hydrogens is 162 g/mol. The molecule has 0 aliphatic rings. The van der Waals surface area contributed by atoms with Crippen LogP contribution in [0.3, 0.4) is 0 Å². The lowest BCUT2D eigenvalue weighted by atomic mass is 10.1. The number of imidazole rings is 1. The molecule has 0 radical (unpaired) electrons. The van der Waals surface area contributed by atoms with Gasteiger partial charge in [0.2, 0.25) is 0 Å². The van der Waals surface area contributed by atoms with Gasteiger partial charge in [0.1, 0.15) is 0 Å². The fraction of sp³-hybridized carbons (Fsp3) is 0.700. The molecule has 1 unspecified atom stereocenters. The van der Waals surface area contributed by atoms with Crippen molar-refractivity contribution in [1.82, 2.24) is 9.55 Å². The zero-order chi connectivity index (χ0) is 9.84. The van der Waals surface area contributed by atoms with Crippen LogP contribution in [0, 0.1) is 5.92 Å². The van der Waals surface area contributed by atoms with Crippen LogP contribution in [0.25, 0.3) is 0 Å². The van der Waals surface area contributed by atoms with E-state index in [4.69, 9.17) is 5.73 Å². The molecule has 0 fully saturated rings. The smallest absolute Gasteiger partial charge is 0.0951 e. The minimum Gasteiger partial charge on any atom is -0.335 e. The van der Waals surface area contributed by atoms with Gasteiger partial charge in [0.05, 0.1) is 12.0 Å². The third-order valence-corrected chi connectivity index (χ3v) is 2.21. The quantitative estimate of drug-likeness (QED) is 0.766. The molecule has 1 rings (SSSR count). The molecule has 0 saturated carbocycles. The lowest BCUT2D eigenvalue weighted by Gasteiger charge is -2.06. The minimum atomic E-state index is 0.495. The number of nitrogens with two attached hydrogens (primary N) is 1. The van der Waals surface area contributed by atoms with Gasteiger partial charge in [-0.1, -0.05) is 6.92 Å². The average molecular weight is 181 g/mol. The van der Waals surface area contributed by atoms with Crippen LogP contribution in [-0.2, 0) is 6.42 Å². The van der Waals surface area contributed by atoms with E-state index in [9.17, 15) is 0 Å². The molecule has 0 aromatic carbocycles. The van der Waals surface area contributed by atoms with Gasteiger partial charge in [-0.2, -0.15) is 0 Å². The van der Waals surface area contributed by atoms with Gasteiger partial charge >= 0.3 is 0 Å². The normalized spacial score (nSPS) is 13.6. The van der Waals surface area contributed by atoms with Gasteiger partial charge in [0.15, 0.2) is 0 Å². The predicted octanol–water partition coefficient (Wildman–Crippen LogP) is 1.60. The Bertz CT molecular complexity index is 252. The molecule has 1 heterocycles. The van der Waals surface area contributed by atoms with E-state index in [2.05, 4.69) is 36.5 Å². The number of rotatable bonds is 4. The van der Waals surface area contributed by atoms with Crippen LogP contribution in [0.1, 0.15) is 32.5 Å². The molecule has 0 saturated heterocycles. The first-order chi connectivity index (χ1) is 6.13. The second-order valence-electron chi connectivity index (χ2n) is 3.95. The van der Waals surface area contributed by atoms with Gasteiger partial charge in [0.25, 0.3) is 0 Å². The lowest BCUT2D eigenvalue weighted by molar-refractivity contribution is 0.579. The van der Waals surface area contributed by atoms with E-state index in [1.54, 1.807) is 0 Å². The average Bonchev–Trinajstić information content (AvgIpc) is 2.52. The summed E-state index contributed by atoms with van der Waals surface area (Å²) in [6.07, 6.45) is 4.98. The van der Waals surface area contributed by atoms with Crippen LogP contribution >= 0.6 is 0 Å². The molecule has 0 amide bonds. The second kappa shape index (κ2) is 4.42. The molecule has 0 aliphatic heterocycles. The van der Waals surface area contributed by atoms with E-state index in [1.165, 1.54) is 0 Å². The Morgan fingerprint density at radius 3 is 2.62 bits per heavy atom. The molecule has 0 aliphatic carbocycles. The van der Waals surface area contributed by atoms with E-state index in [-0.39, 0.29) is 0 Å². The van der Waals surface area contributed by atoms with Crippen LogP contribution in [0.15, 0.2) is 12.5 Å².